The summed E-state index contributed by atoms with van der Waals surface area (Å²) >= 11 is 2.80. The van der Waals surface area contributed by atoms with Gasteiger partial charge in [-0.2, -0.15) is 0 Å². The van der Waals surface area contributed by atoms with Gasteiger partial charge in [-0.05, 0) is 107 Å². The average Bonchev–Trinajstić information content (AvgIpc) is 3.63. The van der Waals surface area contributed by atoms with E-state index in [2.05, 4.69) is 0 Å². The second kappa shape index (κ2) is 12.2. The predicted molar refractivity (Wildman–Crippen MR) is 164 cm³/mol. The highest BCUT2D eigenvalue weighted by atomic mass is 32.1. The van der Waals surface area contributed by atoms with Crippen LogP contribution in [0.1, 0.15) is 65.2 Å². The lowest BCUT2D eigenvalue weighted by molar-refractivity contribution is -0.141. The molecule has 2 aromatic carbocycles. The summed E-state index contributed by atoms with van der Waals surface area (Å²) in [6, 6.07) is 9.75. The highest BCUT2D eigenvalue weighted by molar-refractivity contribution is 7.28. The van der Waals surface area contributed by atoms with Crippen molar-refractivity contribution in [2.24, 2.45) is 23.7 Å². The van der Waals surface area contributed by atoms with Crippen molar-refractivity contribution in [3.05, 3.63) is 42.2 Å². The lowest BCUT2D eigenvalue weighted by Gasteiger charge is -2.25. The quantitative estimate of drug-likeness (QED) is 0.153. The number of thiophene rings is 1. The van der Waals surface area contributed by atoms with E-state index in [1.165, 1.54) is 34.8 Å². The van der Waals surface area contributed by atoms with Crippen LogP contribution >= 0.6 is 22.7 Å². The molecule has 6 rings (SSSR count). The highest BCUT2D eigenvalue weighted by Gasteiger charge is 2.32. The molecule has 4 aromatic rings. The minimum absolute atomic E-state index is 0.000996. The fraction of sp³-hybridized carbons (Fsp3) is 0.424. The van der Waals surface area contributed by atoms with E-state index in [0.29, 0.717) is 72.3 Å². The lowest BCUT2D eigenvalue weighted by atomic mass is 9.80. The summed E-state index contributed by atoms with van der Waals surface area (Å²) in [7, 11) is 0. The van der Waals surface area contributed by atoms with E-state index in [1.54, 1.807) is 32.0 Å². The molecule has 0 bridgehead atoms. The molecule has 2 aromatic heterocycles. The van der Waals surface area contributed by atoms with Crippen molar-refractivity contribution in [1.82, 2.24) is 4.98 Å². The van der Waals surface area contributed by atoms with Gasteiger partial charge >= 0.3 is 11.9 Å². The maximum atomic E-state index is 13.9. The number of carbonyl (C=O) groups is 4. The van der Waals surface area contributed by atoms with Crippen LogP contribution in [0.3, 0.4) is 0 Å². The van der Waals surface area contributed by atoms with Crippen molar-refractivity contribution in [2.75, 3.05) is 0 Å². The summed E-state index contributed by atoms with van der Waals surface area (Å²) in [5.41, 5.74) is 0.417. The summed E-state index contributed by atoms with van der Waals surface area (Å²) in [4.78, 5) is 55.6. The first-order valence-electron chi connectivity index (χ1n) is 14.7. The number of hydrogen-bond donors (Lipinski definition) is 0. The van der Waals surface area contributed by atoms with Crippen LogP contribution in [0.5, 0.6) is 11.5 Å². The number of aromatic nitrogens is 1. The van der Waals surface area contributed by atoms with Gasteiger partial charge in [-0.3, -0.25) is 19.2 Å². The molecule has 224 valence electrons. The third-order valence-corrected chi connectivity index (χ3v) is 11.2. The number of rotatable bonds is 7. The van der Waals surface area contributed by atoms with Gasteiger partial charge in [0.05, 0.1) is 16.7 Å². The minimum atomic E-state index is -0.359. The molecule has 0 spiro atoms. The molecule has 7 nitrogen and oxygen atoms in total. The zero-order valence-electron chi connectivity index (χ0n) is 24.0. The van der Waals surface area contributed by atoms with Gasteiger partial charge in [-0.15, -0.1) is 22.7 Å². The van der Waals surface area contributed by atoms with E-state index >= 15 is 0 Å². The number of ether oxygens (including phenoxy) is 2. The number of carbonyl (C=O) groups excluding carboxylic acids is 4. The molecule has 43 heavy (non-hydrogen) atoms. The second-order valence-electron chi connectivity index (χ2n) is 11.7. The standard InChI is InChI=1S/C33H32FNO6S2/c1-17(36)19-3-7-21(8-4-19)32(38)40-25-12-13-26(41-33(39)22-9-5-20(6-10-22)18(2)37)30-29(25)35-31(43-30)28-16-23-15-24(34)11-14-27(23)42-28/h11-16,19-22H,3-10H2,1-2H3. The van der Waals surface area contributed by atoms with Crippen LogP contribution in [0, 0.1) is 29.5 Å². The normalized spacial score (nSPS) is 22.4. The largest absolute Gasteiger partial charge is 0.425 e. The van der Waals surface area contributed by atoms with E-state index in [0.717, 1.165) is 15.0 Å². The van der Waals surface area contributed by atoms with E-state index in [-0.39, 0.29) is 58.7 Å². The molecule has 0 amide bonds. The number of ketones is 2. The van der Waals surface area contributed by atoms with E-state index < -0.39 is 0 Å². The maximum Gasteiger partial charge on any atom is 0.314 e. The fourth-order valence-electron chi connectivity index (χ4n) is 6.20. The first kappa shape index (κ1) is 29.6. The number of thiazole rings is 1. The van der Waals surface area contributed by atoms with E-state index in [1.807, 2.05) is 6.07 Å². The van der Waals surface area contributed by atoms with Crippen molar-refractivity contribution >= 4 is 66.5 Å². The number of halogens is 1. The van der Waals surface area contributed by atoms with Crippen molar-refractivity contribution in [3.63, 3.8) is 0 Å². The van der Waals surface area contributed by atoms with Crippen LogP contribution in [0.4, 0.5) is 4.39 Å². The molecule has 2 aliphatic carbocycles. The van der Waals surface area contributed by atoms with Crippen molar-refractivity contribution in [2.45, 2.75) is 65.2 Å². The first-order valence-corrected chi connectivity index (χ1v) is 16.4. The SMILES string of the molecule is CC(=O)C1CCC(C(=O)Oc2ccc(OC(=O)C3CCC(C(C)=O)CC3)c3sc(-c4cc5cc(F)ccc5s4)nc23)CC1. The lowest BCUT2D eigenvalue weighted by Crippen LogP contribution is -2.28. The molecule has 2 saturated carbocycles. The monoisotopic (exact) mass is 621 g/mol. The van der Waals surface area contributed by atoms with Gasteiger partial charge in [0.1, 0.15) is 32.6 Å². The Balaban J connectivity index is 1.29. The number of benzene rings is 2. The van der Waals surface area contributed by atoms with Crippen LogP contribution in [0.15, 0.2) is 36.4 Å². The Hall–Kier alpha value is -3.50. The third-order valence-electron chi connectivity index (χ3n) is 8.85. The molecular weight excluding hydrogens is 589 g/mol. The number of hydrogen-bond acceptors (Lipinski definition) is 9. The van der Waals surface area contributed by atoms with Gasteiger partial charge in [0.25, 0.3) is 0 Å². The Bertz CT molecular complexity index is 1640. The summed E-state index contributed by atoms with van der Waals surface area (Å²) < 4.78 is 27.2. The van der Waals surface area contributed by atoms with Gasteiger partial charge in [0, 0.05) is 16.5 Å². The van der Waals surface area contributed by atoms with Crippen LogP contribution in [0.25, 0.3) is 30.2 Å². The number of fused-ring (bicyclic) bond motifs is 2. The summed E-state index contributed by atoms with van der Waals surface area (Å²) in [6.45, 7) is 3.19. The third kappa shape index (κ3) is 6.26. The molecule has 0 unspecified atom stereocenters. The Labute approximate surface area is 256 Å². The van der Waals surface area contributed by atoms with Gasteiger partial charge in [0.2, 0.25) is 0 Å². The van der Waals surface area contributed by atoms with Gasteiger partial charge in [-0.1, -0.05) is 0 Å². The molecule has 0 radical (unpaired) electrons. The van der Waals surface area contributed by atoms with Crippen LogP contribution in [-0.4, -0.2) is 28.5 Å². The molecule has 0 saturated heterocycles. The summed E-state index contributed by atoms with van der Waals surface area (Å²) in [5, 5.41) is 1.40. The molecule has 0 N–H and O–H groups in total. The van der Waals surface area contributed by atoms with Gasteiger partial charge in [-0.25, -0.2) is 9.37 Å². The number of Topliss-reactive ketones (excluding diaryl/α,β-unsaturated/α-hetero) is 2. The molecule has 0 atom stereocenters. The topological polar surface area (TPSA) is 99.6 Å². The summed E-state index contributed by atoms with van der Waals surface area (Å²) in [6.07, 6.45) is 5.06. The predicted octanol–water partition coefficient (Wildman–Crippen LogP) is 7.92. The molecule has 2 aliphatic rings. The smallest absolute Gasteiger partial charge is 0.314 e. The van der Waals surface area contributed by atoms with Crippen molar-refractivity contribution < 1.29 is 33.0 Å². The van der Waals surface area contributed by atoms with Crippen LogP contribution in [0.2, 0.25) is 0 Å². The Morgan fingerprint density at radius 2 is 1.26 bits per heavy atom. The van der Waals surface area contributed by atoms with Gasteiger partial charge in [0.15, 0.2) is 11.5 Å². The van der Waals surface area contributed by atoms with Gasteiger partial charge < -0.3 is 9.47 Å². The summed E-state index contributed by atoms with van der Waals surface area (Å²) in [5.74, 6) is -0.682. The molecule has 0 aliphatic heterocycles. The zero-order valence-corrected chi connectivity index (χ0v) is 25.7. The zero-order chi connectivity index (χ0) is 30.2. The molecular formula is C33H32FNO6S2. The number of esters is 2. The van der Waals surface area contributed by atoms with E-state index in [9.17, 15) is 23.6 Å². The van der Waals surface area contributed by atoms with Crippen molar-refractivity contribution in [3.8, 4) is 21.4 Å². The fourth-order valence-corrected chi connectivity index (χ4v) is 8.32. The maximum absolute atomic E-state index is 13.9. The Morgan fingerprint density at radius 1 is 0.721 bits per heavy atom. The van der Waals surface area contributed by atoms with Crippen LogP contribution < -0.4 is 9.47 Å². The number of nitrogens with zero attached hydrogens (tertiary/aromatic N) is 1. The second-order valence-corrected chi connectivity index (χ2v) is 13.8. The molecule has 2 fully saturated rings. The molecule has 10 heteroatoms. The molecule has 2 heterocycles. The minimum Gasteiger partial charge on any atom is -0.425 e. The van der Waals surface area contributed by atoms with E-state index in [4.69, 9.17) is 14.5 Å². The first-order chi connectivity index (χ1) is 20.7. The highest BCUT2D eigenvalue weighted by Crippen LogP contribution is 2.44. The Kier molecular flexibility index (Phi) is 8.42. The van der Waals surface area contributed by atoms with Crippen LogP contribution in [-0.2, 0) is 19.2 Å². The average molecular weight is 622 g/mol. The Morgan fingerprint density at radius 3 is 1.84 bits per heavy atom. The van der Waals surface area contributed by atoms with Crippen molar-refractivity contribution in [1.29, 1.82) is 0 Å².